The van der Waals surface area contributed by atoms with Crippen molar-refractivity contribution in [1.82, 2.24) is 19.7 Å². The molecule has 0 atom stereocenters. The molecule has 0 saturated carbocycles. The quantitative estimate of drug-likeness (QED) is 0.676. The lowest BCUT2D eigenvalue weighted by Crippen LogP contribution is -2.06. The van der Waals surface area contributed by atoms with Crippen molar-refractivity contribution >= 4 is 16.7 Å². The predicted octanol–water partition coefficient (Wildman–Crippen LogP) is 0.851. The third-order valence-electron chi connectivity index (χ3n) is 2.86. The average molecular weight is 259 g/mol. The fourth-order valence-electron chi connectivity index (χ4n) is 2.04. The number of anilines is 1. The van der Waals surface area contributed by atoms with Crippen molar-refractivity contribution in [1.29, 1.82) is 0 Å². The van der Waals surface area contributed by atoms with Gasteiger partial charge >= 0.3 is 0 Å². The summed E-state index contributed by atoms with van der Waals surface area (Å²) in [4.78, 5) is 8.49. The summed E-state index contributed by atoms with van der Waals surface area (Å²) in [5, 5.41) is 13.2. The van der Waals surface area contributed by atoms with Crippen LogP contribution in [0.5, 0.6) is 0 Å². The molecule has 2 aromatic heterocycles. The van der Waals surface area contributed by atoms with Crippen molar-refractivity contribution < 1.29 is 9.63 Å². The maximum absolute atomic E-state index is 9.39. The van der Waals surface area contributed by atoms with Crippen molar-refractivity contribution in [2.45, 2.75) is 20.1 Å². The Morgan fingerprint density at radius 1 is 1.37 bits per heavy atom. The number of imidazole rings is 1. The fraction of sp³-hybridized carbons (Fsp3) is 0.250. The van der Waals surface area contributed by atoms with Crippen molar-refractivity contribution in [3.05, 3.63) is 35.7 Å². The minimum Gasteiger partial charge on any atom is -0.399 e. The summed E-state index contributed by atoms with van der Waals surface area (Å²) in [5.41, 5.74) is 7.98. The van der Waals surface area contributed by atoms with E-state index in [-0.39, 0.29) is 6.61 Å². The summed E-state index contributed by atoms with van der Waals surface area (Å²) in [6, 6.07) is 5.43. The molecule has 2 heterocycles. The second-order valence-electron chi connectivity index (χ2n) is 4.25. The van der Waals surface area contributed by atoms with Gasteiger partial charge in [0.2, 0.25) is 5.89 Å². The summed E-state index contributed by atoms with van der Waals surface area (Å²) >= 11 is 0. The van der Waals surface area contributed by atoms with Crippen LogP contribution >= 0.6 is 0 Å². The number of aryl methyl sites for hydroxylation is 1. The zero-order chi connectivity index (χ0) is 13.4. The molecule has 98 valence electrons. The second kappa shape index (κ2) is 4.36. The predicted molar refractivity (Wildman–Crippen MR) is 68.2 cm³/mol. The molecular formula is C12H13N5O2. The third-order valence-corrected chi connectivity index (χ3v) is 2.86. The second-order valence-corrected chi connectivity index (χ2v) is 4.25. The molecule has 0 bridgehead atoms. The molecule has 3 aromatic rings. The molecule has 0 fully saturated rings. The van der Waals surface area contributed by atoms with E-state index in [0.717, 1.165) is 11.0 Å². The smallest absolute Gasteiger partial charge is 0.223 e. The highest BCUT2D eigenvalue weighted by atomic mass is 16.5. The maximum Gasteiger partial charge on any atom is 0.223 e. The Morgan fingerprint density at radius 3 is 2.89 bits per heavy atom. The van der Waals surface area contributed by atoms with Gasteiger partial charge in [-0.1, -0.05) is 5.16 Å². The molecular weight excluding hydrogens is 246 g/mol. The van der Waals surface area contributed by atoms with Crippen molar-refractivity contribution in [3.63, 3.8) is 0 Å². The Morgan fingerprint density at radius 2 is 2.21 bits per heavy atom. The lowest BCUT2D eigenvalue weighted by atomic mass is 10.3. The van der Waals surface area contributed by atoms with Gasteiger partial charge in [-0.3, -0.25) is 0 Å². The van der Waals surface area contributed by atoms with Crippen LogP contribution in [-0.4, -0.2) is 24.8 Å². The number of nitrogen functional groups attached to an aromatic ring is 1. The molecule has 0 aliphatic rings. The third kappa shape index (κ3) is 2.04. The molecule has 0 aliphatic heterocycles. The molecule has 0 radical (unpaired) electrons. The SMILES string of the molecule is Cc1nc(Cn2c(CO)nc3cc(N)ccc32)no1. The number of fused-ring (bicyclic) bond motifs is 1. The number of nitrogens with two attached hydrogens (primary N) is 1. The Kier molecular flexibility index (Phi) is 2.68. The van der Waals surface area contributed by atoms with Gasteiger partial charge in [0.15, 0.2) is 5.82 Å². The van der Waals surface area contributed by atoms with Crippen molar-refractivity contribution in [3.8, 4) is 0 Å². The molecule has 3 rings (SSSR count). The van der Waals surface area contributed by atoms with Crippen LogP contribution in [0.15, 0.2) is 22.7 Å². The summed E-state index contributed by atoms with van der Waals surface area (Å²) in [5.74, 6) is 1.60. The van der Waals surface area contributed by atoms with Gasteiger partial charge in [0.05, 0.1) is 17.6 Å². The summed E-state index contributed by atoms with van der Waals surface area (Å²) in [6.45, 7) is 1.97. The van der Waals surface area contributed by atoms with E-state index in [4.69, 9.17) is 10.3 Å². The molecule has 3 N–H and O–H groups in total. The zero-order valence-corrected chi connectivity index (χ0v) is 10.4. The normalized spacial score (nSPS) is 11.3. The van der Waals surface area contributed by atoms with Gasteiger partial charge in [-0.05, 0) is 18.2 Å². The van der Waals surface area contributed by atoms with Crippen LogP contribution in [0.1, 0.15) is 17.5 Å². The van der Waals surface area contributed by atoms with E-state index in [2.05, 4.69) is 15.1 Å². The van der Waals surface area contributed by atoms with Crippen LogP contribution in [0, 0.1) is 6.92 Å². The zero-order valence-electron chi connectivity index (χ0n) is 10.4. The Labute approximate surface area is 108 Å². The lowest BCUT2D eigenvalue weighted by Gasteiger charge is -2.04. The minimum atomic E-state index is -0.161. The van der Waals surface area contributed by atoms with Crippen LogP contribution in [0.2, 0.25) is 0 Å². The van der Waals surface area contributed by atoms with Gasteiger partial charge in [-0.25, -0.2) is 4.98 Å². The molecule has 0 amide bonds. The van der Waals surface area contributed by atoms with Crippen LogP contribution in [0.4, 0.5) is 5.69 Å². The fourth-order valence-corrected chi connectivity index (χ4v) is 2.04. The van der Waals surface area contributed by atoms with E-state index in [1.54, 1.807) is 19.1 Å². The van der Waals surface area contributed by atoms with Gasteiger partial charge in [0, 0.05) is 12.6 Å². The van der Waals surface area contributed by atoms with Crippen LogP contribution in [0.25, 0.3) is 11.0 Å². The summed E-state index contributed by atoms with van der Waals surface area (Å²) in [6.07, 6.45) is 0. The largest absolute Gasteiger partial charge is 0.399 e. The Balaban J connectivity index is 2.10. The minimum absolute atomic E-state index is 0.161. The molecule has 1 aromatic carbocycles. The Hall–Kier alpha value is -2.41. The highest BCUT2D eigenvalue weighted by Crippen LogP contribution is 2.20. The first-order valence-electron chi connectivity index (χ1n) is 5.82. The van der Waals surface area contributed by atoms with Gasteiger partial charge in [0.25, 0.3) is 0 Å². The topological polar surface area (TPSA) is 103 Å². The summed E-state index contributed by atoms with van der Waals surface area (Å²) < 4.78 is 6.79. The van der Waals surface area contributed by atoms with Crippen LogP contribution < -0.4 is 5.73 Å². The van der Waals surface area contributed by atoms with Crippen LogP contribution in [0.3, 0.4) is 0 Å². The van der Waals surface area contributed by atoms with E-state index >= 15 is 0 Å². The average Bonchev–Trinajstić information content (AvgIpc) is 2.94. The molecule has 0 spiro atoms. The first-order valence-corrected chi connectivity index (χ1v) is 5.82. The van der Waals surface area contributed by atoms with Crippen molar-refractivity contribution in [2.24, 2.45) is 0 Å². The number of nitrogens with zero attached hydrogens (tertiary/aromatic N) is 4. The first-order chi connectivity index (χ1) is 9.17. The molecule has 0 aliphatic carbocycles. The van der Waals surface area contributed by atoms with Gasteiger partial charge < -0.3 is 19.9 Å². The molecule has 19 heavy (non-hydrogen) atoms. The van der Waals surface area contributed by atoms with E-state index < -0.39 is 0 Å². The van der Waals surface area contributed by atoms with Crippen molar-refractivity contribution in [2.75, 3.05) is 5.73 Å². The standard InChI is InChI=1S/C12H13N5O2/c1-7-14-11(16-19-7)5-17-10-3-2-8(13)4-9(10)15-12(17)6-18/h2-4,18H,5-6,13H2,1H3. The number of benzene rings is 1. The van der Waals surface area contributed by atoms with Gasteiger partial charge in [0.1, 0.15) is 12.4 Å². The summed E-state index contributed by atoms with van der Waals surface area (Å²) in [7, 11) is 0. The first kappa shape index (κ1) is 11.7. The molecule has 7 nitrogen and oxygen atoms in total. The number of aliphatic hydroxyl groups excluding tert-OH is 1. The lowest BCUT2D eigenvalue weighted by molar-refractivity contribution is 0.266. The molecule has 0 unspecified atom stereocenters. The van der Waals surface area contributed by atoms with Crippen LogP contribution in [-0.2, 0) is 13.2 Å². The van der Waals surface area contributed by atoms with E-state index in [9.17, 15) is 5.11 Å². The number of rotatable bonds is 3. The van der Waals surface area contributed by atoms with Gasteiger partial charge in [-0.2, -0.15) is 4.98 Å². The molecule has 0 saturated heterocycles. The van der Waals surface area contributed by atoms with E-state index in [1.807, 2.05) is 10.6 Å². The van der Waals surface area contributed by atoms with E-state index in [0.29, 0.717) is 29.8 Å². The highest BCUT2D eigenvalue weighted by molar-refractivity contribution is 5.79. The van der Waals surface area contributed by atoms with E-state index in [1.165, 1.54) is 0 Å². The number of aromatic nitrogens is 4. The number of hydrogen-bond donors (Lipinski definition) is 2. The maximum atomic E-state index is 9.39. The molecule has 7 heteroatoms. The number of hydrogen-bond acceptors (Lipinski definition) is 6. The Bertz CT molecular complexity index is 731. The van der Waals surface area contributed by atoms with Gasteiger partial charge in [-0.15, -0.1) is 0 Å². The monoisotopic (exact) mass is 259 g/mol. The highest BCUT2D eigenvalue weighted by Gasteiger charge is 2.13. The number of aliphatic hydroxyl groups is 1.